The molecule has 0 aromatic heterocycles. The van der Waals surface area contributed by atoms with Crippen molar-refractivity contribution in [2.75, 3.05) is 47.5 Å². The summed E-state index contributed by atoms with van der Waals surface area (Å²) in [5.74, 6) is -0.900. The van der Waals surface area contributed by atoms with E-state index in [1.165, 1.54) is 89.9 Å². The predicted molar refractivity (Wildman–Crippen MR) is 222 cm³/mol. The Balaban J connectivity index is 4.49. The fourth-order valence-electron chi connectivity index (χ4n) is 5.47. The number of carbonyl (C=O) groups is 2. The van der Waals surface area contributed by atoms with Gasteiger partial charge in [0.1, 0.15) is 19.8 Å². The number of rotatable bonds is 38. The quantitative estimate of drug-likeness (QED) is 0.0200. The summed E-state index contributed by atoms with van der Waals surface area (Å²) in [5.41, 5.74) is 0. The third kappa shape index (κ3) is 39.7. The smallest absolute Gasteiger partial charge is 0.306 e. The first kappa shape index (κ1) is 52.0. The van der Waals surface area contributed by atoms with Crippen LogP contribution < -0.4 is 4.89 Å². The van der Waals surface area contributed by atoms with E-state index in [0.29, 0.717) is 23.9 Å². The van der Waals surface area contributed by atoms with E-state index in [0.717, 1.165) is 38.5 Å². The maximum Gasteiger partial charge on any atom is 0.306 e. The number of ether oxygens (including phenoxy) is 2. The number of nitrogens with zero attached hydrogens (tertiary/aromatic N) is 1. The standard InChI is InChI=1S/C44H80NO8P/c1-6-8-10-12-14-16-18-20-21-22-23-25-27-29-31-33-35-37-44(47)53-42(41-52-54(48,49)51-39-38-45(3,4)5)40-50-43(46)36-34-32-30-28-26-24-19-17-15-13-11-9-7-2/h14,16,20-21,23,25,29,31,42H,6-13,15,17-19,22,24,26-28,30,32-41H2,1-5H3/b16-14+,21-20+,25-23+,31-29+. The molecule has 0 aromatic carbocycles. The van der Waals surface area contributed by atoms with Crippen LogP contribution in [0.15, 0.2) is 48.6 Å². The Morgan fingerprint density at radius 1 is 0.574 bits per heavy atom. The highest BCUT2D eigenvalue weighted by molar-refractivity contribution is 7.45. The van der Waals surface area contributed by atoms with Crippen LogP contribution in [0, 0.1) is 0 Å². The molecule has 0 aliphatic heterocycles. The number of unbranched alkanes of at least 4 members (excludes halogenated alkanes) is 16. The zero-order valence-corrected chi connectivity index (χ0v) is 36.0. The van der Waals surface area contributed by atoms with Crippen molar-refractivity contribution in [2.24, 2.45) is 0 Å². The van der Waals surface area contributed by atoms with Crippen LogP contribution in [0.1, 0.15) is 168 Å². The third-order valence-electron chi connectivity index (χ3n) is 8.85. The molecule has 0 radical (unpaired) electrons. The Labute approximate surface area is 331 Å². The van der Waals surface area contributed by atoms with Crippen molar-refractivity contribution in [1.82, 2.24) is 0 Å². The normalized spacial score (nSPS) is 14.1. The van der Waals surface area contributed by atoms with E-state index in [-0.39, 0.29) is 26.1 Å². The van der Waals surface area contributed by atoms with Gasteiger partial charge in [-0.3, -0.25) is 14.2 Å². The van der Waals surface area contributed by atoms with Crippen molar-refractivity contribution in [3.05, 3.63) is 48.6 Å². The first-order valence-electron chi connectivity index (χ1n) is 21.3. The minimum absolute atomic E-state index is 0.0413. The first-order chi connectivity index (χ1) is 26.0. The lowest BCUT2D eigenvalue weighted by molar-refractivity contribution is -0.870. The molecule has 0 heterocycles. The fraction of sp³-hybridized carbons (Fsp3) is 0.773. The van der Waals surface area contributed by atoms with Crippen LogP contribution in [0.5, 0.6) is 0 Å². The van der Waals surface area contributed by atoms with Crippen molar-refractivity contribution < 1.29 is 42.1 Å². The monoisotopic (exact) mass is 782 g/mol. The number of carbonyl (C=O) groups excluding carboxylic acids is 2. The van der Waals surface area contributed by atoms with Gasteiger partial charge in [-0.2, -0.15) is 0 Å². The van der Waals surface area contributed by atoms with Gasteiger partial charge in [0.2, 0.25) is 0 Å². The summed E-state index contributed by atoms with van der Waals surface area (Å²) < 4.78 is 33.8. The Bertz CT molecular complexity index is 1070. The summed E-state index contributed by atoms with van der Waals surface area (Å²) in [6, 6.07) is 0. The zero-order valence-electron chi connectivity index (χ0n) is 35.2. The predicted octanol–water partition coefficient (Wildman–Crippen LogP) is 11.3. The Morgan fingerprint density at radius 2 is 1.02 bits per heavy atom. The summed E-state index contributed by atoms with van der Waals surface area (Å²) >= 11 is 0. The molecule has 314 valence electrons. The molecule has 2 unspecified atom stereocenters. The summed E-state index contributed by atoms with van der Waals surface area (Å²) in [4.78, 5) is 37.4. The molecule has 0 bridgehead atoms. The number of likely N-dealkylation sites (N-methyl/N-ethyl adjacent to an activating group) is 1. The highest BCUT2D eigenvalue weighted by Gasteiger charge is 2.21. The summed E-state index contributed by atoms with van der Waals surface area (Å²) in [7, 11) is 1.13. The number of phosphoric acid groups is 1. The molecule has 0 saturated carbocycles. The molecular formula is C44H80NO8P. The first-order valence-corrected chi connectivity index (χ1v) is 22.8. The van der Waals surface area contributed by atoms with Crippen LogP contribution >= 0.6 is 7.82 Å². The molecule has 10 heteroatoms. The van der Waals surface area contributed by atoms with Gasteiger partial charge >= 0.3 is 11.9 Å². The number of quaternary nitrogens is 1. The lowest BCUT2D eigenvalue weighted by Crippen LogP contribution is -2.37. The lowest BCUT2D eigenvalue weighted by Gasteiger charge is -2.28. The SMILES string of the molecule is CCCCC/C=C/C/C=C/C/C=C/C/C=C/CCCC(=O)OC(COC(=O)CCCCCCCCCCCCCCC)COP(=O)([O-])OCC[N+](C)(C)C. The molecule has 0 amide bonds. The van der Waals surface area contributed by atoms with Crippen molar-refractivity contribution in [3.63, 3.8) is 0 Å². The van der Waals surface area contributed by atoms with Gasteiger partial charge < -0.3 is 27.9 Å². The van der Waals surface area contributed by atoms with E-state index in [4.69, 9.17) is 18.5 Å². The molecule has 0 N–H and O–H groups in total. The van der Waals surface area contributed by atoms with E-state index >= 15 is 0 Å². The molecule has 54 heavy (non-hydrogen) atoms. The van der Waals surface area contributed by atoms with Crippen LogP contribution in [-0.4, -0.2) is 70.0 Å². The average Bonchev–Trinajstić information content (AvgIpc) is 3.12. The average molecular weight is 782 g/mol. The van der Waals surface area contributed by atoms with E-state index in [1.54, 1.807) is 0 Å². The van der Waals surface area contributed by atoms with E-state index in [1.807, 2.05) is 27.2 Å². The highest BCUT2D eigenvalue weighted by atomic mass is 31.2. The van der Waals surface area contributed by atoms with Crippen LogP contribution in [0.2, 0.25) is 0 Å². The minimum atomic E-state index is -4.64. The largest absolute Gasteiger partial charge is 0.756 e. The Kier molecular flexibility index (Phi) is 35.2. The fourth-order valence-corrected chi connectivity index (χ4v) is 6.20. The van der Waals surface area contributed by atoms with Crippen LogP contribution in [-0.2, 0) is 32.7 Å². The third-order valence-corrected chi connectivity index (χ3v) is 9.82. The van der Waals surface area contributed by atoms with E-state index in [9.17, 15) is 19.0 Å². The molecule has 9 nitrogen and oxygen atoms in total. The molecule has 0 spiro atoms. The van der Waals surface area contributed by atoms with Gasteiger partial charge in [0.25, 0.3) is 7.82 Å². The van der Waals surface area contributed by atoms with Crippen molar-refractivity contribution in [2.45, 2.75) is 174 Å². The van der Waals surface area contributed by atoms with Crippen molar-refractivity contribution in [1.29, 1.82) is 0 Å². The van der Waals surface area contributed by atoms with E-state index < -0.39 is 32.5 Å². The van der Waals surface area contributed by atoms with E-state index in [2.05, 4.69) is 56.4 Å². The Hall–Kier alpha value is -2.03. The zero-order chi connectivity index (χ0) is 40.0. The number of hydrogen-bond donors (Lipinski definition) is 0. The summed E-state index contributed by atoms with van der Waals surface area (Å²) in [6.07, 6.45) is 41.4. The molecule has 0 aliphatic rings. The van der Waals surface area contributed by atoms with Crippen LogP contribution in [0.4, 0.5) is 0 Å². The van der Waals surface area contributed by atoms with Crippen LogP contribution in [0.25, 0.3) is 0 Å². The van der Waals surface area contributed by atoms with Gasteiger partial charge in [-0.25, -0.2) is 0 Å². The van der Waals surface area contributed by atoms with Gasteiger partial charge in [-0.05, 0) is 51.4 Å². The van der Waals surface area contributed by atoms with Crippen LogP contribution in [0.3, 0.4) is 0 Å². The van der Waals surface area contributed by atoms with Gasteiger partial charge in [0, 0.05) is 12.8 Å². The molecule has 0 aliphatic carbocycles. The number of allylic oxidation sites excluding steroid dienone is 8. The van der Waals surface area contributed by atoms with Gasteiger partial charge in [-0.15, -0.1) is 0 Å². The maximum absolute atomic E-state index is 12.6. The molecule has 0 rings (SSSR count). The Morgan fingerprint density at radius 3 is 1.54 bits per heavy atom. The minimum Gasteiger partial charge on any atom is -0.756 e. The van der Waals surface area contributed by atoms with Gasteiger partial charge in [-0.1, -0.05) is 152 Å². The van der Waals surface area contributed by atoms with Crippen molar-refractivity contribution >= 4 is 19.8 Å². The number of phosphoric ester groups is 1. The van der Waals surface area contributed by atoms with Gasteiger partial charge in [0.15, 0.2) is 6.10 Å². The second-order valence-electron chi connectivity index (χ2n) is 15.4. The topological polar surface area (TPSA) is 111 Å². The summed E-state index contributed by atoms with van der Waals surface area (Å²) in [5, 5.41) is 0. The molecule has 0 fully saturated rings. The molecule has 0 saturated heterocycles. The molecule has 2 atom stereocenters. The second-order valence-corrected chi connectivity index (χ2v) is 16.8. The van der Waals surface area contributed by atoms with Crippen molar-refractivity contribution in [3.8, 4) is 0 Å². The number of esters is 2. The highest BCUT2D eigenvalue weighted by Crippen LogP contribution is 2.38. The number of hydrogen-bond acceptors (Lipinski definition) is 8. The van der Waals surface area contributed by atoms with Gasteiger partial charge in [0.05, 0.1) is 27.7 Å². The summed E-state index contributed by atoms with van der Waals surface area (Å²) in [6.45, 7) is 4.12. The molecular weight excluding hydrogens is 701 g/mol. The lowest BCUT2D eigenvalue weighted by atomic mass is 10.0. The second kappa shape index (κ2) is 36.6. The maximum atomic E-state index is 12.6. The molecule has 0 aromatic rings.